The smallest absolute Gasteiger partial charge is 0.245 e. The molecule has 0 radical (unpaired) electrons. The van der Waals surface area contributed by atoms with Crippen LogP contribution >= 0.6 is 11.6 Å². The second kappa shape index (κ2) is 8.44. The second-order valence-corrected chi connectivity index (χ2v) is 10.6. The van der Waals surface area contributed by atoms with Crippen molar-refractivity contribution in [2.24, 2.45) is 5.41 Å². The first kappa shape index (κ1) is 24.5. The van der Waals surface area contributed by atoms with Gasteiger partial charge in [-0.25, -0.2) is 4.68 Å². The topological polar surface area (TPSA) is 67.2 Å². The van der Waals surface area contributed by atoms with Crippen LogP contribution in [-0.2, 0) is 20.5 Å². The molecule has 1 heterocycles. The highest BCUT2D eigenvalue weighted by Gasteiger charge is 2.34. The average Bonchev–Trinajstić information content (AvgIpc) is 2.95. The number of carbonyl (C=O) groups excluding carboxylic acids is 2. The maximum absolute atomic E-state index is 12.8. The van der Waals surface area contributed by atoms with E-state index in [4.69, 9.17) is 16.7 Å². The van der Waals surface area contributed by atoms with Gasteiger partial charge in [-0.15, -0.1) is 11.6 Å². The Morgan fingerprint density at radius 2 is 1.68 bits per heavy atom. The minimum Gasteiger partial charge on any atom is -0.330 e. The number of alkyl halides is 1. The second-order valence-electron chi connectivity index (χ2n) is 10.3. The molecule has 0 saturated carbocycles. The molecule has 6 nitrogen and oxygen atoms in total. The first-order valence-corrected chi connectivity index (χ1v) is 10.3. The Labute approximate surface area is 175 Å². The van der Waals surface area contributed by atoms with E-state index in [1.807, 2.05) is 45.4 Å². The molecule has 0 saturated heterocycles. The fraction of sp³-hybridized carbons (Fsp3) is 0.762. The van der Waals surface area contributed by atoms with E-state index in [1.54, 1.807) is 18.7 Å². The third-order valence-electron chi connectivity index (χ3n) is 4.49. The number of hydrogen-bond acceptors (Lipinski definition) is 3. The molecular weight excluding hydrogens is 376 g/mol. The lowest BCUT2D eigenvalue weighted by Crippen LogP contribution is -2.48. The molecule has 1 rings (SSSR count). The van der Waals surface area contributed by atoms with Crippen LogP contribution in [0.3, 0.4) is 0 Å². The van der Waals surface area contributed by atoms with Gasteiger partial charge in [-0.3, -0.25) is 9.59 Å². The number of carbonyl (C=O) groups is 2. The molecule has 0 spiro atoms. The first-order chi connectivity index (χ1) is 12.5. The molecule has 1 N–H and O–H groups in total. The van der Waals surface area contributed by atoms with Crippen LogP contribution in [0.5, 0.6) is 0 Å². The molecular formula is C21H37ClN4O2. The lowest BCUT2D eigenvalue weighted by atomic mass is 9.92. The minimum atomic E-state index is -0.724. The molecule has 0 bridgehead atoms. The van der Waals surface area contributed by atoms with E-state index in [0.717, 1.165) is 5.69 Å². The zero-order valence-electron chi connectivity index (χ0n) is 19.1. The van der Waals surface area contributed by atoms with Gasteiger partial charge in [-0.05, 0) is 48.5 Å². The molecule has 1 aromatic rings. The van der Waals surface area contributed by atoms with Crippen LogP contribution in [0.1, 0.15) is 74.9 Å². The fourth-order valence-electron chi connectivity index (χ4n) is 2.62. The predicted octanol–water partition coefficient (Wildman–Crippen LogP) is 4.38. The molecule has 1 aromatic heterocycles. The summed E-state index contributed by atoms with van der Waals surface area (Å²) >= 11 is 5.96. The molecule has 2 amide bonds. The predicted molar refractivity (Wildman–Crippen MR) is 116 cm³/mol. The van der Waals surface area contributed by atoms with Gasteiger partial charge in [0.25, 0.3) is 0 Å². The maximum atomic E-state index is 12.8. The Kier molecular flexibility index (Phi) is 7.38. The first-order valence-electron chi connectivity index (χ1n) is 9.78. The summed E-state index contributed by atoms with van der Waals surface area (Å²) in [6.45, 7) is 19.7. The van der Waals surface area contributed by atoms with Crippen molar-refractivity contribution in [3.05, 3.63) is 11.8 Å². The lowest BCUT2D eigenvalue weighted by Gasteiger charge is -2.33. The summed E-state index contributed by atoms with van der Waals surface area (Å²) in [4.78, 5) is 27.2. The summed E-state index contributed by atoms with van der Waals surface area (Å²) in [7, 11) is 0. The van der Waals surface area contributed by atoms with E-state index in [9.17, 15) is 9.59 Å². The van der Waals surface area contributed by atoms with Gasteiger partial charge in [0, 0.05) is 23.4 Å². The average molecular weight is 413 g/mol. The Balaban J connectivity index is 3.12. The summed E-state index contributed by atoms with van der Waals surface area (Å²) in [5, 5.41) is 7.67. The van der Waals surface area contributed by atoms with Gasteiger partial charge < -0.3 is 10.2 Å². The Bertz CT molecular complexity index is 709. The number of rotatable bonds is 6. The van der Waals surface area contributed by atoms with Crippen molar-refractivity contribution in [1.82, 2.24) is 14.7 Å². The quantitative estimate of drug-likeness (QED) is 0.705. The number of nitrogens with zero attached hydrogens (tertiary/aromatic N) is 3. The van der Waals surface area contributed by atoms with Crippen molar-refractivity contribution < 1.29 is 9.59 Å². The molecule has 28 heavy (non-hydrogen) atoms. The van der Waals surface area contributed by atoms with E-state index in [2.05, 4.69) is 26.1 Å². The zero-order valence-corrected chi connectivity index (χ0v) is 19.9. The van der Waals surface area contributed by atoms with Crippen molar-refractivity contribution in [1.29, 1.82) is 0 Å². The van der Waals surface area contributed by atoms with Crippen LogP contribution in [-0.4, -0.2) is 45.0 Å². The maximum Gasteiger partial charge on any atom is 0.245 e. The molecule has 0 atom stereocenters. The Morgan fingerprint density at radius 1 is 1.14 bits per heavy atom. The standard InChI is InChI=1S/C21H37ClN4O2/c1-14(2)25(18(28)21(9,10)13-22)12-17(27)23-16-11-15(19(3,4)5)24-26(16)20(6,7)8/h11,14H,12-13H2,1-10H3,(H,23,27). The molecule has 160 valence electrons. The number of anilines is 1. The van der Waals surface area contributed by atoms with Crippen molar-refractivity contribution >= 4 is 29.2 Å². The van der Waals surface area contributed by atoms with Gasteiger partial charge in [0.1, 0.15) is 12.4 Å². The molecule has 0 aliphatic rings. The molecule has 0 aliphatic carbocycles. The largest absolute Gasteiger partial charge is 0.330 e. The normalized spacial score (nSPS) is 13.0. The summed E-state index contributed by atoms with van der Waals surface area (Å²) in [5.74, 6) is 0.448. The van der Waals surface area contributed by atoms with Crippen molar-refractivity contribution in [3.8, 4) is 0 Å². The van der Waals surface area contributed by atoms with Crippen LogP contribution in [0.2, 0.25) is 0 Å². The van der Waals surface area contributed by atoms with Crippen LogP contribution in [0.4, 0.5) is 5.82 Å². The zero-order chi connectivity index (χ0) is 22.1. The van der Waals surface area contributed by atoms with Crippen molar-refractivity contribution in [2.75, 3.05) is 17.7 Å². The van der Waals surface area contributed by atoms with Crippen LogP contribution in [0.15, 0.2) is 6.07 Å². The van der Waals surface area contributed by atoms with E-state index < -0.39 is 5.41 Å². The third kappa shape index (κ3) is 5.97. The van der Waals surface area contributed by atoms with Crippen molar-refractivity contribution in [3.63, 3.8) is 0 Å². The minimum absolute atomic E-state index is 0.0308. The summed E-state index contributed by atoms with van der Waals surface area (Å²) in [5.41, 5.74) is -0.253. The SMILES string of the molecule is CC(C)N(CC(=O)Nc1cc(C(C)(C)C)nn1C(C)(C)C)C(=O)C(C)(C)CCl. The van der Waals surface area contributed by atoms with E-state index in [1.165, 1.54) is 0 Å². The molecule has 0 fully saturated rings. The van der Waals surface area contributed by atoms with Gasteiger partial charge in [0.2, 0.25) is 11.8 Å². The highest BCUT2D eigenvalue weighted by molar-refractivity contribution is 6.19. The van der Waals surface area contributed by atoms with Crippen LogP contribution < -0.4 is 5.32 Å². The van der Waals surface area contributed by atoms with Gasteiger partial charge in [0.15, 0.2) is 0 Å². The van der Waals surface area contributed by atoms with Crippen LogP contribution in [0.25, 0.3) is 0 Å². The summed E-state index contributed by atoms with van der Waals surface area (Å²) in [6, 6.07) is 1.80. The fourth-order valence-corrected chi connectivity index (χ4v) is 2.73. The lowest BCUT2D eigenvalue weighted by molar-refractivity contribution is -0.143. The summed E-state index contributed by atoms with van der Waals surface area (Å²) in [6.07, 6.45) is 0. The number of hydrogen-bond donors (Lipinski definition) is 1. The highest BCUT2D eigenvalue weighted by atomic mass is 35.5. The van der Waals surface area contributed by atoms with Gasteiger partial charge in [-0.1, -0.05) is 20.8 Å². The molecule has 0 aromatic carbocycles. The third-order valence-corrected chi connectivity index (χ3v) is 5.16. The van der Waals surface area contributed by atoms with E-state index in [0.29, 0.717) is 5.82 Å². The number of aromatic nitrogens is 2. The number of nitrogens with one attached hydrogen (secondary N) is 1. The number of amides is 2. The van der Waals surface area contributed by atoms with E-state index >= 15 is 0 Å². The van der Waals surface area contributed by atoms with Gasteiger partial charge >= 0.3 is 0 Å². The van der Waals surface area contributed by atoms with Crippen LogP contribution in [0, 0.1) is 5.41 Å². The molecule has 7 heteroatoms. The Hall–Kier alpha value is -1.56. The molecule has 0 aliphatic heterocycles. The molecule has 0 unspecified atom stereocenters. The van der Waals surface area contributed by atoms with Crippen molar-refractivity contribution in [2.45, 2.75) is 86.2 Å². The highest BCUT2D eigenvalue weighted by Crippen LogP contribution is 2.28. The van der Waals surface area contributed by atoms with Gasteiger partial charge in [-0.2, -0.15) is 5.10 Å². The van der Waals surface area contributed by atoms with E-state index in [-0.39, 0.29) is 41.2 Å². The van der Waals surface area contributed by atoms with Gasteiger partial charge in [0.05, 0.1) is 16.6 Å². The monoisotopic (exact) mass is 412 g/mol. The number of halogens is 1. The summed E-state index contributed by atoms with van der Waals surface area (Å²) < 4.78 is 1.83. The Morgan fingerprint density at radius 3 is 2.07 bits per heavy atom.